The summed E-state index contributed by atoms with van der Waals surface area (Å²) in [5, 5.41) is 0.0685. The lowest BCUT2D eigenvalue weighted by molar-refractivity contribution is -0.139. The molecular formula is C24H21ClF3N3O3S. The van der Waals surface area contributed by atoms with Crippen LogP contribution in [0.2, 0.25) is 5.15 Å². The first kappa shape index (κ1) is 25.2. The maximum Gasteiger partial charge on any atom is 0.417 e. The number of alkyl halides is 3. The van der Waals surface area contributed by atoms with E-state index in [1.807, 2.05) is 0 Å². The number of halogens is 4. The summed E-state index contributed by atoms with van der Waals surface area (Å²) in [5.41, 5.74) is -0.190. The maximum absolute atomic E-state index is 13.8. The Kier molecular flexibility index (Phi) is 7.16. The summed E-state index contributed by atoms with van der Waals surface area (Å²) in [6.45, 7) is 0.437. The average Bonchev–Trinajstić information content (AvgIpc) is 2.84. The van der Waals surface area contributed by atoms with Crippen LogP contribution in [0.3, 0.4) is 0 Å². The Balaban J connectivity index is 1.51. The number of likely N-dealkylation sites (tertiary alicyclic amines) is 1. The molecule has 1 fully saturated rings. The summed E-state index contributed by atoms with van der Waals surface area (Å²) in [6.07, 6.45) is -2.92. The van der Waals surface area contributed by atoms with Crippen molar-refractivity contribution in [3.8, 4) is 11.1 Å². The second-order valence-electron chi connectivity index (χ2n) is 8.10. The van der Waals surface area contributed by atoms with Crippen molar-refractivity contribution in [3.05, 3.63) is 83.1 Å². The molecule has 1 aliphatic rings. The Labute approximate surface area is 205 Å². The highest BCUT2D eigenvalue weighted by Crippen LogP contribution is 2.37. The fourth-order valence-corrected chi connectivity index (χ4v) is 5.71. The SMILES string of the molecule is O=C(c1cccnc1Cl)N1CCC(NS(=O)(=O)c2ccc(-c3ccccc3)cc2C(F)(F)F)CC1. The lowest BCUT2D eigenvalue weighted by Gasteiger charge is -2.32. The molecule has 0 atom stereocenters. The Morgan fingerprint density at radius 3 is 2.31 bits per heavy atom. The summed E-state index contributed by atoms with van der Waals surface area (Å²) in [6, 6.07) is 14.1. The van der Waals surface area contributed by atoms with Crippen molar-refractivity contribution in [3.63, 3.8) is 0 Å². The molecule has 4 rings (SSSR count). The van der Waals surface area contributed by atoms with E-state index in [1.165, 1.54) is 17.2 Å². The zero-order valence-electron chi connectivity index (χ0n) is 18.3. The standard InChI is InChI=1S/C24H21ClF3N3O3S/c25-22-19(7-4-12-29-22)23(32)31-13-10-18(11-14-31)30-35(33,34)21-9-8-17(15-20(21)24(26,27)28)16-5-2-1-3-6-16/h1-9,12,15,18,30H,10-11,13-14H2. The van der Waals surface area contributed by atoms with Crippen LogP contribution in [0, 0.1) is 0 Å². The smallest absolute Gasteiger partial charge is 0.338 e. The minimum absolute atomic E-state index is 0.0685. The van der Waals surface area contributed by atoms with Gasteiger partial charge in [-0.05, 0) is 48.2 Å². The number of sulfonamides is 1. The third-order valence-corrected chi connectivity index (χ3v) is 7.65. The summed E-state index contributed by atoms with van der Waals surface area (Å²) in [5.74, 6) is -0.333. The normalized spacial score (nSPS) is 15.3. The molecule has 3 aromatic rings. The minimum atomic E-state index is -4.87. The molecular weight excluding hydrogens is 503 g/mol. The van der Waals surface area contributed by atoms with Crippen molar-refractivity contribution in [2.45, 2.75) is 30.0 Å². The van der Waals surface area contributed by atoms with Crippen LogP contribution in [-0.2, 0) is 16.2 Å². The fraction of sp³-hybridized carbons (Fsp3) is 0.250. The van der Waals surface area contributed by atoms with Gasteiger partial charge in [-0.3, -0.25) is 4.79 Å². The molecule has 35 heavy (non-hydrogen) atoms. The number of piperidine rings is 1. The van der Waals surface area contributed by atoms with Crippen molar-refractivity contribution in [2.24, 2.45) is 0 Å². The van der Waals surface area contributed by atoms with Gasteiger partial charge >= 0.3 is 6.18 Å². The molecule has 1 saturated heterocycles. The third kappa shape index (κ3) is 5.66. The first-order valence-corrected chi connectivity index (χ1v) is 12.6. The van der Waals surface area contributed by atoms with Crippen molar-refractivity contribution < 1.29 is 26.4 Å². The number of amides is 1. The molecule has 0 spiro atoms. The zero-order chi connectivity index (χ0) is 25.2. The molecule has 2 heterocycles. The predicted molar refractivity (Wildman–Crippen MR) is 125 cm³/mol. The van der Waals surface area contributed by atoms with Gasteiger partial charge in [0.2, 0.25) is 10.0 Å². The molecule has 11 heteroatoms. The number of pyridine rings is 1. The lowest BCUT2D eigenvalue weighted by atomic mass is 10.0. The number of carbonyl (C=O) groups excluding carboxylic acids is 1. The van der Waals surface area contributed by atoms with Crippen molar-refractivity contribution in [2.75, 3.05) is 13.1 Å². The van der Waals surface area contributed by atoms with Crippen LogP contribution >= 0.6 is 11.6 Å². The summed E-state index contributed by atoms with van der Waals surface area (Å²) in [7, 11) is -4.47. The van der Waals surface area contributed by atoms with E-state index in [9.17, 15) is 26.4 Å². The number of hydrogen-bond donors (Lipinski definition) is 1. The van der Waals surface area contributed by atoms with Crippen molar-refractivity contribution >= 4 is 27.5 Å². The van der Waals surface area contributed by atoms with Crippen LogP contribution in [-0.4, -0.2) is 43.3 Å². The lowest BCUT2D eigenvalue weighted by Crippen LogP contribution is -2.46. The van der Waals surface area contributed by atoms with Gasteiger partial charge in [0.1, 0.15) is 5.15 Å². The molecule has 0 saturated carbocycles. The first-order chi connectivity index (χ1) is 16.6. The number of rotatable bonds is 5. The Morgan fingerprint density at radius 2 is 1.69 bits per heavy atom. The molecule has 1 amide bonds. The van der Waals surface area contributed by atoms with Gasteiger partial charge in [0.15, 0.2) is 0 Å². The van der Waals surface area contributed by atoms with E-state index in [1.54, 1.807) is 42.5 Å². The summed E-state index contributed by atoms with van der Waals surface area (Å²) < 4.78 is 69.9. The van der Waals surface area contributed by atoms with Gasteiger partial charge in [0.05, 0.1) is 16.0 Å². The van der Waals surface area contributed by atoms with E-state index in [2.05, 4.69) is 9.71 Å². The summed E-state index contributed by atoms with van der Waals surface area (Å²) >= 11 is 5.98. The molecule has 1 aromatic heterocycles. The van der Waals surface area contributed by atoms with E-state index in [-0.39, 0.29) is 48.1 Å². The number of benzene rings is 2. The second-order valence-corrected chi connectivity index (χ2v) is 10.1. The zero-order valence-corrected chi connectivity index (χ0v) is 19.9. The topological polar surface area (TPSA) is 79.4 Å². The Hall–Kier alpha value is -2.95. The average molecular weight is 524 g/mol. The van der Waals surface area contributed by atoms with Gasteiger partial charge in [-0.25, -0.2) is 18.1 Å². The van der Waals surface area contributed by atoms with E-state index in [0.717, 1.165) is 12.1 Å². The highest BCUT2D eigenvalue weighted by Gasteiger charge is 2.38. The largest absolute Gasteiger partial charge is 0.417 e. The molecule has 0 bridgehead atoms. The molecule has 0 radical (unpaired) electrons. The van der Waals surface area contributed by atoms with Gasteiger partial charge in [-0.2, -0.15) is 13.2 Å². The van der Waals surface area contributed by atoms with Gasteiger partial charge in [-0.1, -0.05) is 48.0 Å². The van der Waals surface area contributed by atoms with Crippen LogP contribution in [0.5, 0.6) is 0 Å². The molecule has 1 aliphatic heterocycles. The summed E-state index contributed by atoms with van der Waals surface area (Å²) in [4.78, 5) is 17.2. The molecule has 0 aliphatic carbocycles. The van der Waals surface area contributed by atoms with Gasteiger partial charge in [-0.15, -0.1) is 0 Å². The van der Waals surface area contributed by atoms with Crippen LogP contribution < -0.4 is 4.72 Å². The van der Waals surface area contributed by atoms with Crippen molar-refractivity contribution in [1.82, 2.24) is 14.6 Å². The quantitative estimate of drug-likeness (QED) is 0.477. The highest BCUT2D eigenvalue weighted by atomic mass is 35.5. The predicted octanol–water partition coefficient (Wildman–Crippen LogP) is 5.00. The van der Waals surface area contributed by atoms with Crippen LogP contribution in [0.1, 0.15) is 28.8 Å². The second kappa shape index (κ2) is 9.96. The van der Waals surface area contributed by atoms with Gasteiger partial charge in [0, 0.05) is 25.3 Å². The highest BCUT2D eigenvalue weighted by molar-refractivity contribution is 7.89. The van der Waals surface area contributed by atoms with Crippen LogP contribution in [0.15, 0.2) is 71.8 Å². The van der Waals surface area contributed by atoms with Crippen LogP contribution in [0.4, 0.5) is 13.2 Å². The molecule has 184 valence electrons. The first-order valence-electron chi connectivity index (χ1n) is 10.7. The minimum Gasteiger partial charge on any atom is -0.338 e. The Bertz CT molecular complexity index is 1330. The number of carbonyl (C=O) groups is 1. The maximum atomic E-state index is 13.8. The number of nitrogens with one attached hydrogen (secondary N) is 1. The van der Waals surface area contributed by atoms with Crippen LogP contribution in [0.25, 0.3) is 11.1 Å². The third-order valence-electron chi connectivity index (χ3n) is 5.78. The monoisotopic (exact) mass is 523 g/mol. The van der Waals surface area contributed by atoms with Gasteiger partial charge in [0.25, 0.3) is 5.91 Å². The number of aromatic nitrogens is 1. The van der Waals surface area contributed by atoms with E-state index in [4.69, 9.17) is 11.6 Å². The van der Waals surface area contributed by atoms with E-state index < -0.39 is 32.7 Å². The Morgan fingerprint density at radius 1 is 1.00 bits per heavy atom. The molecule has 0 unspecified atom stereocenters. The van der Waals surface area contributed by atoms with E-state index >= 15 is 0 Å². The molecule has 1 N–H and O–H groups in total. The van der Waals surface area contributed by atoms with E-state index in [0.29, 0.717) is 5.56 Å². The number of hydrogen-bond acceptors (Lipinski definition) is 4. The number of nitrogens with zero attached hydrogens (tertiary/aromatic N) is 2. The fourth-order valence-electron chi connectivity index (χ4n) is 4.00. The van der Waals surface area contributed by atoms with Crippen molar-refractivity contribution in [1.29, 1.82) is 0 Å². The molecule has 6 nitrogen and oxygen atoms in total. The molecule has 2 aromatic carbocycles. The van der Waals surface area contributed by atoms with Gasteiger partial charge < -0.3 is 4.90 Å².